The maximum absolute atomic E-state index is 12.8. The minimum atomic E-state index is -3.55. The van der Waals surface area contributed by atoms with Gasteiger partial charge in [-0.15, -0.1) is 0 Å². The lowest BCUT2D eigenvalue weighted by Crippen LogP contribution is -2.49. The van der Waals surface area contributed by atoms with Crippen molar-refractivity contribution in [3.63, 3.8) is 0 Å². The molecule has 0 spiro atoms. The number of sulfonamides is 1. The summed E-state index contributed by atoms with van der Waals surface area (Å²) in [6, 6.07) is 13.5. The highest BCUT2D eigenvalue weighted by molar-refractivity contribution is 7.89. The minimum absolute atomic E-state index is 0.00229. The minimum Gasteiger partial charge on any atom is -0.382 e. The van der Waals surface area contributed by atoms with Crippen LogP contribution in [0, 0.1) is 0 Å². The SMILES string of the molecule is Nc1ncc(N2CCN(S(=O)(=O)c3ccccc3)CC2)nc1C(=O)Nc1ccccn1. The Morgan fingerprint density at radius 2 is 1.68 bits per heavy atom. The first-order chi connectivity index (χ1) is 14.9. The molecule has 1 saturated heterocycles. The molecular formula is C20H21N7O3S. The Kier molecular flexibility index (Phi) is 5.78. The van der Waals surface area contributed by atoms with Crippen molar-refractivity contribution >= 4 is 33.4 Å². The van der Waals surface area contributed by atoms with Crippen LogP contribution in [0.4, 0.5) is 17.5 Å². The number of nitrogens with one attached hydrogen (secondary N) is 1. The monoisotopic (exact) mass is 439 g/mol. The van der Waals surface area contributed by atoms with Crippen molar-refractivity contribution in [1.29, 1.82) is 0 Å². The third-order valence-electron chi connectivity index (χ3n) is 4.85. The molecule has 3 aromatic rings. The van der Waals surface area contributed by atoms with Crippen LogP contribution in [0.3, 0.4) is 0 Å². The Hall–Kier alpha value is -3.57. The molecule has 3 heterocycles. The average Bonchev–Trinajstić information content (AvgIpc) is 2.80. The van der Waals surface area contributed by atoms with Crippen molar-refractivity contribution in [1.82, 2.24) is 19.3 Å². The van der Waals surface area contributed by atoms with E-state index in [-0.39, 0.29) is 16.4 Å². The second kappa shape index (κ2) is 8.66. The number of nitrogens with zero attached hydrogens (tertiary/aromatic N) is 5. The van der Waals surface area contributed by atoms with Crippen LogP contribution >= 0.6 is 0 Å². The van der Waals surface area contributed by atoms with Gasteiger partial charge < -0.3 is 16.0 Å². The van der Waals surface area contributed by atoms with Gasteiger partial charge in [0.2, 0.25) is 10.0 Å². The summed E-state index contributed by atoms with van der Waals surface area (Å²) in [5.41, 5.74) is 5.84. The number of benzene rings is 1. The molecule has 0 saturated carbocycles. The molecule has 160 valence electrons. The Labute approximate surface area is 179 Å². The summed E-state index contributed by atoms with van der Waals surface area (Å²) in [7, 11) is -3.55. The molecule has 10 nitrogen and oxygen atoms in total. The number of hydrogen-bond acceptors (Lipinski definition) is 8. The van der Waals surface area contributed by atoms with Crippen molar-refractivity contribution in [3.8, 4) is 0 Å². The molecule has 1 aliphatic rings. The molecule has 4 rings (SSSR count). The molecule has 1 aliphatic heterocycles. The van der Waals surface area contributed by atoms with Crippen LogP contribution in [0.1, 0.15) is 10.5 Å². The number of rotatable bonds is 5. The number of nitrogens with two attached hydrogens (primary N) is 1. The number of hydrogen-bond donors (Lipinski definition) is 2. The number of carbonyl (C=O) groups is 1. The summed E-state index contributed by atoms with van der Waals surface area (Å²) in [5.74, 6) is 0.314. The van der Waals surface area contributed by atoms with E-state index in [2.05, 4.69) is 20.3 Å². The van der Waals surface area contributed by atoms with Gasteiger partial charge in [-0.25, -0.2) is 23.4 Å². The topological polar surface area (TPSA) is 134 Å². The number of aromatic nitrogens is 3. The summed E-state index contributed by atoms with van der Waals surface area (Å²) < 4.78 is 27.0. The number of anilines is 3. The van der Waals surface area contributed by atoms with E-state index in [1.807, 2.05) is 4.90 Å². The lowest BCUT2D eigenvalue weighted by atomic mass is 10.3. The van der Waals surface area contributed by atoms with Crippen molar-refractivity contribution < 1.29 is 13.2 Å². The van der Waals surface area contributed by atoms with Crippen LogP contribution in [0.2, 0.25) is 0 Å². The molecule has 31 heavy (non-hydrogen) atoms. The average molecular weight is 440 g/mol. The summed E-state index contributed by atoms with van der Waals surface area (Å²) in [4.78, 5) is 27.2. The van der Waals surface area contributed by atoms with E-state index >= 15 is 0 Å². The first-order valence-corrected chi connectivity index (χ1v) is 11.0. The van der Waals surface area contributed by atoms with Crippen molar-refractivity contribution in [2.24, 2.45) is 0 Å². The van der Waals surface area contributed by atoms with Gasteiger partial charge in [0, 0.05) is 32.4 Å². The van der Waals surface area contributed by atoms with Gasteiger partial charge >= 0.3 is 0 Å². The van der Waals surface area contributed by atoms with Gasteiger partial charge in [-0.1, -0.05) is 24.3 Å². The molecule has 3 N–H and O–H groups in total. The Balaban J connectivity index is 1.47. The van der Waals surface area contributed by atoms with E-state index in [9.17, 15) is 13.2 Å². The van der Waals surface area contributed by atoms with E-state index in [4.69, 9.17) is 5.73 Å². The molecule has 0 bridgehead atoms. The highest BCUT2D eigenvalue weighted by Crippen LogP contribution is 2.21. The van der Waals surface area contributed by atoms with E-state index in [0.717, 1.165) is 0 Å². The van der Waals surface area contributed by atoms with Gasteiger partial charge in [0.1, 0.15) is 11.6 Å². The largest absolute Gasteiger partial charge is 0.382 e. The smallest absolute Gasteiger partial charge is 0.279 e. The normalized spacial score (nSPS) is 14.9. The predicted octanol–water partition coefficient (Wildman–Crippen LogP) is 1.22. The number of amides is 1. The number of piperazine rings is 1. The zero-order valence-electron chi connectivity index (χ0n) is 16.5. The quantitative estimate of drug-likeness (QED) is 0.606. The molecule has 1 aromatic carbocycles. The van der Waals surface area contributed by atoms with Gasteiger partial charge in [-0.2, -0.15) is 4.31 Å². The molecule has 2 aromatic heterocycles. The third kappa shape index (κ3) is 4.47. The fourth-order valence-electron chi connectivity index (χ4n) is 3.22. The number of nitrogen functional groups attached to an aromatic ring is 1. The highest BCUT2D eigenvalue weighted by atomic mass is 32.2. The van der Waals surface area contributed by atoms with Crippen molar-refractivity contribution in [2.45, 2.75) is 4.90 Å². The number of pyridine rings is 1. The second-order valence-electron chi connectivity index (χ2n) is 6.84. The van der Waals surface area contributed by atoms with E-state index in [1.54, 1.807) is 54.7 Å². The molecular weight excluding hydrogens is 418 g/mol. The Bertz CT molecular complexity index is 1170. The second-order valence-corrected chi connectivity index (χ2v) is 8.77. The first kappa shape index (κ1) is 20.7. The zero-order chi connectivity index (χ0) is 21.8. The van der Waals surface area contributed by atoms with Crippen LogP contribution in [0.15, 0.2) is 65.8 Å². The molecule has 1 fully saturated rings. The molecule has 0 aliphatic carbocycles. The van der Waals surface area contributed by atoms with E-state index in [1.165, 1.54) is 10.5 Å². The summed E-state index contributed by atoms with van der Waals surface area (Å²) in [6.07, 6.45) is 3.04. The van der Waals surface area contributed by atoms with E-state index in [0.29, 0.717) is 37.8 Å². The molecule has 0 unspecified atom stereocenters. The van der Waals surface area contributed by atoms with Crippen molar-refractivity contribution in [2.75, 3.05) is 42.1 Å². The highest BCUT2D eigenvalue weighted by Gasteiger charge is 2.29. The predicted molar refractivity (Wildman–Crippen MR) is 116 cm³/mol. The van der Waals surface area contributed by atoms with Crippen LogP contribution in [0.5, 0.6) is 0 Å². The third-order valence-corrected chi connectivity index (χ3v) is 6.77. The lowest BCUT2D eigenvalue weighted by Gasteiger charge is -2.34. The van der Waals surface area contributed by atoms with Crippen LogP contribution in [-0.2, 0) is 10.0 Å². The lowest BCUT2D eigenvalue weighted by molar-refractivity contribution is 0.102. The maximum atomic E-state index is 12.8. The van der Waals surface area contributed by atoms with Gasteiger partial charge in [0.05, 0.1) is 11.1 Å². The van der Waals surface area contributed by atoms with Gasteiger partial charge in [0.15, 0.2) is 11.5 Å². The van der Waals surface area contributed by atoms with Crippen LogP contribution in [-0.4, -0.2) is 59.8 Å². The fraction of sp³-hybridized carbons (Fsp3) is 0.200. The Morgan fingerprint density at radius 1 is 0.968 bits per heavy atom. The summed E-state index contributed by atoms with van der Waals surface area (Å²) in [5, 5.41) is 2.64. The summed E-state index contributed by atoms with van der Waals surface area (Å²) in [6.45, 7) is 1.40. The molecule has 0 radical (unpaired) electrons. The van der Waals surface area contributed by atoms with E-state index < -0.39 is 15.9 Å². The molecule has 1 amide bonds. The molecule has 0 atom stereocenters. The van der Waals surface area contributed by atoms with Gasteiger partial charge in [0.25, 0.3) is 5.91 Å². The Morgan fingerprint density at radius 3 is 2.35 bits per heavy atom. The van der Waals surface area contributed by atoms with Crippen LogP contribution in [0.25, 0.3) is 0 Å². The zero-order valence-corrected chi connectivity index (χ0v) is 17.4. The van der Waals surface area contributed by atoms with Crippen LogP contribution < -0.4 is 16.0 Å². The first-order valence-electron chi connectivity index (χ1n) is 9.60. The van der Waals surface area contributed by atoms with Gasteiger partial charge in [-0.3, -0.25) is 4.79 Å². The fourth-order valence-corrected chi connectivity index (χ4v) is 4.66. The standard InChI is InChI=1S/C20H21N7O3S/c21-19-18(20(28)24-16-8-4-5-9-22-16)25-17(14-23-19)26-10-12-27(13-11-26)31(29,30)15-6-2-1-3-7-15/h1-9,14H,10-13H2,(H2,21,23)(H,22,24,28). The molecule has 11 heteroatoms. The summed E-state index contributed by atoms with van der Waals surface area (Å²) >= 11 is 0. The van der Waals surface area contributed by atoms with Crippen molar-refractivity contribution in [3.05, 3.63) is 66.6 Å². The number of carbonyl (C=O) groups excluding carboxylic acids is 1. The van der Waals surface area contributed by atoms with Gasteiger partial charge in [-0.05, 0) is 24.3 Å². The maximum Gasteiger partial charge on any atom is 0.279 e.